The molecule has 2 aromatic rings. The number of benzene rings is 1. The van der Waals surface area contributed by atoms with Gasteiger partial charge in [-0.2, -0.15) is 0 Å². The Balaban J connectivity index is 0.00000144. The predicted octanol–water partition coefficient (Wildman–Crippen LogP) is 3.68. The first-order chi connectivity index (χ1) is 10.8. The molecule has 2 heterocycles. The van der Waals surface area contributed by atoms with Crippen molar-refractivity contribution in [1.82, 2.24) is 10.2 Å². The van der Waals surface area contributed by atoms with Crippen molar-refractivity contribution in [2.24, 2.45) is 0 Å². The van der Waals surface area contributed by atoms with Crippen molar-refractivity contribution in [2.75, 3.05) is 26.2 Å². The molecule has 1 aliphatic rings. The molecule has 0 spiro atoms. The lowest BCUT2D eigenvalue weighted by Crippen LogP contribution is -2.52. The van der Waals surface area contributed by atoms with Gasteiger partial charge in [0.2, 0.25) is 0 Å². The van der Waals surface area contributed by atoms with E-state index in [1.807, 2.05) is 17.5 Å². The molecule has 1 fully saturated rings. The molecule has 1 atom stereocenters. The van der Waals surface area contributed by atoms with Crippen molar-refractivity contribution in [2.45, 2.75) is 18.9 Å². The van der Waals surface area contributed by atoms with Gasteiger partial charge in [0.25, 0.3) is 0 Å². The van der Waals surface area contributed by atoms with Gasteiger partial charge >= 0.3 is 0 Å². The minimum atomic E-state index is 0. The summed E-state index contributed by atoms with van der Waals surface area (Å²) in [4.78, 5) is 15.5. The van der Waals surface area contributed by atoms with Crippen molar-refractivity contribution < 1.29 is 4.79 Å². The second-order valence-electron chi connectivity index (χ2n) is 5.73. The van der Waals surface area contributed by atoms with Gasteiger partial charge < -0.3 is 5.32 Å². The summed E-state index contributed by atoms with van der Waals surface area (Å²) >= 11 is 1.54. The van der Waals surface area contributed by atoms with Gasteiger partial charge in [0.05, 0.1) is 4.88 Å². The normalized spacial score (nSPS) is 17.6. The molecule has 132 valence electrons. The maximum absolute atomic E-state index is 12.2. The van der Waals surface area contributed by atoms with Gasteiger partial charge in [0.1, 0.15) is 0 Å². The molecular weight excluding hydrogens is 363 g/mol. The number of carbonyl (C=O) groups excluding carboxylic acids is 1. The van der Waals surface area contributed by atoms with Crippen LogP contribution in [0.25, 0.3) is 0 Å². The zero-order valence-electron chi connectivity index (χ0n) is 13.5. The van der Waals surface area contributed by atoms with Crippen LogP contribution in [0.15, 0.2) is 47.8 Å². The molecular formula is C18H24Cl2N2OS. The third kappa shape index (κ3) is 5.87. The lowest BCUT2D eigenvalue weighted by atomic mass is 10.0. The number of nitrogens with zero attached hydrogens (tertiary/aromatic N) is 1. The fraction of sp³-hybridized carbons (Fsp3) is 0.389. The molecule has 0 saturated carbocycles. The molecule has 0 radical (unpaired) electrons. The molecule has 1 unspecified atom stereocenters. The molecule has 1 saturated heterocycles. The molecule has 0 amide bonds. The maximum atomic E-state index is 12.2. The minimum absolute atomic E-state index is 0. The lowest BCUT2D eigenvalue weighted by molar-refractivity contribution is 0.0939. The van der Waals surface area contributed by atoms with Gasteiger partial charge in [-0.15, -0.1) is 36.2 Å². The fourth-order valence-electron chi connectivity index (χ4n) is 2.99. The van der Waals surface area contributed by atoms with Crippen LogP contribution in [0.3, 0.4) is 0 Å². The van der Waals surface area contributed by atoms with Crippen LogP contribution in [0.2, 0.25) is 0 Å². The fourth-order valence-corrected chi connectivity index (χ4v) is 3.68. The van der Waals surface area contributed by atoms with Crippen LogP contribution >= 0.6 is 36.2 Å². The smallest absolute Gasteiger partial charge is 0.174 e. The van der Waals surface area contributed by atoms with Gasteiger partial charge in [0, 0.05) is 38.6 Å². The highest BCUT2D eigenvalue weighted by Crippen LogP contribution is 2.15. The number of nitrogens with one attached hydrogen (secondary N) is 1. The van der Waals surface area contributed by atoms with Crippen LogP contribution in [-0.4, -0.2) is 42.9 Å². The predicted molar refractivity (Wildman–Crippen MR) is 106 cm³/mol. The highest BCUT2D eigenvalue weighted by molar-refractivity contribution is 7.12. The van der Waals surface area contributed by atoms with Gasteiger partial charge in [-0.25, -0.2) is 0 Å². The van der Waals surface area contributed by atoms with Crippen molar-refractivity contribution in [1.29, 1.82) is 0 Å². The van der Waals surface area contributed by atoms with E-state index >= 15 is 0 Å². The Kier molecular flexibility index (Phi) is 9.56. The van der Waals surface area contributed by atoms with E-state index < -0.39 is 0 Å². The number of thiophene rings is 1. The number of Topliss-reactive ketones (excluding diaryl/α,β-unsaturated/α-hetero) is 1. The van der Waals surface area contributed by atoms with Crippen LogP contribution in [0.4, 0.5) is 0 Å². The number of rotatable bonds is 6. The zero-order chi connectivity index (χ0) is 15.2. The summed E-state index contributed by atoms with van der Waals surface area (Å²) in [7, 11) is 0. The van der Waals surface area contributed by atoms with Crippen LogP contribution in [-0.2, 0) is 6.42 Å². The first-order valence-electron chi connectivity index (χ1n) is 7.88. The molecule has 3 nitrogen and oxygen atoms in total. The van der Waals surface area contributed by atoms with Crippen LogP contribution in [0, 0.1) is 0 Å². The second-order valence-corrected chi connectivity index (χ2v) is 6.68. The molecule has 1 aromatic carbocycles. The summed E-state index contributed by atoms with van der Waals surface area (Å²) < 4.78 is 0. The van der Waals surface area contributed by atoms with Gasteiger partial charge in [-0.05, 0) is 23.4 Å². The Morgan fingerprint density at radius 1 is 1.17 bits per heavy atom. The van der Waals surface area contributed by atoms with Gasteiger partial charge in [-0.1, -0.05) is 36.4 Å². The van der Waals surface area contributed by atoms with Crippen molar-refractivity contribution in [3.05, 3.63) is 58.3 Å². The highest BCUT2D eigenvalue weighted by atomic mass is 35.5. The van der Waals surface area contributed by atoms with E-state index in [2.05, 4.69) is 40.5 Å². The van der Waals surface area contributed by atoms with E-state index in [1.54, 1.807) is 11.3 Å². The van der Waals surface area contributed by atoms with Gasteiger partial charge in [0.15, 0.2) is 5.78 Å². The third-order valence-corrected chi connectivity index (χ3v) is 5.12. The largest absolute Gasteiger partial charge is 0.314 e. The zero-order valence-corrected chi connectivity index (χ0v) is 16.0. The summed E-state index contributed by atoms with van der Waals surface area (Å²) in [5.74, 6) is 0.270. The highest BCUT2D eigenvalue weighted by Gasteiger charge is 2.23. The van der Waals surface area contributed by atoms with E-state index in [1.165, 1.54) is 5.56 Å². The number of halogens is 2. The number of piperazine rings is 1. The SMILES string of the molecule is Cl.Cl.O=C(CCN1CCNCC1Cc1ccccc1)c1cccs1. The average Bonchev–Trinajstić information content (AvgIpc) is 3.09. The molecule has 24 heavy (non-hydrogen) atoms. The summed E-state index contributed by atoms with van der Waals surface area (Å²) in [5.41, 5.74) is 1.37. The summed E-state index contributed by atoms with van der Waals surface area (Å²) in [6.07, 6.45) is 1.66. The number of carbonyl (C=O) groups is 1. The topological polar surface area (TPSA) is 32.3 Å². The van der Waals surface area contributed by atoms with E-state index in [9.17, 15) is 4.79 Å². The summed E-state index contributed by atoms with van der Waals surface area (Å²) in [6.45, 7) is 3.89. The van der Waals surface area contributed by atoms with E-state index in [4.69, 9.17) is 0 Å². The van der Waals surface area contributed by atoms with Crippen molar-refractivity contribution in [3.63, 3.8) is 0 Å². The van der Waals surface area contributed by atoms with E-state index in [-0.39, 0.29) is 30.6 Å². The summed E-state index contributed by atoms with van der Waals surface area (Å²) in [5, 5.41) is 5.44. The lowest BCUT2D eigenvalue weighted by Gasteiger charge is -2.36. The van der Waals surface area contributed by atoms with Crippen LogP contribution in [0.5, 0.6) is 0 Å². The Labute approximate surface area is 160 Å². The molecule has 1 aliphatic heterocycles. The first kappa shape index (κ1) is 21.1. The number of hydrogen-bond acceptors (Lipinski definition) is 4. The summed E-state index contributed by atoms with van der Waals surface area (Å²) in [6, 6.07) is 15.0. The minimum Gasteiger partial charge on any atom is -0.314 e. The third-order valence-electron chi connectivity index (χ3n) is 4.21. The van der Waals surface area contributed by atoms with E-state index in [0.717, 1.165) is 37.5 Å². The number of ketones is 1. The quantitative estimate of drug-likeness (QED) is 0.768. The van der Waals surface area contributed by atoms with Crippen LogP contribution in [0.1, 0.15) is 21.7 Å². The second kappa shape index (κ2) is 10.9. The maximum Gasteiger partial charge on any atom is 0.174 e. The molecule has 0 aliphatic carbocycles. The van der Waals surface area contributed by atoms with E-state index in [0.29, 0.717) is 12.5 Å². The Hall–Kier alpha value is -0.910. The standard InChI is InChI=1S/C18H22N2OS.2ClH/c21-17(18-7-4-12-22-18)8-10-20-11-9-19-14-16(20)13-15-5-2-1-3-6-15;;/h1-7,12,16,19H,8-11,13-14H2;2*1H. The monoisotopic (exact) mass is 386 g/mol. The Bertz CT molecular complexity index is 592. The molecule has 1 N–H and O–H groups in total. The molecule has 6 heteroatoms. The van der Waals surface area contributed by atoms with Gasteiger partial charge in [-0.3, -0.25) is 9.69 Å². The van der Waals surface area contributed by atoms with Crippen molar-refractivity contribution >= 4 is 41.9 Å². The number of hydrogen-bond donors (Lipinski definition) is 1. The molecule has 0 bridgehead atoms. The molecule has 3 rings (SSSR count). The Morgan fingerprint density at radius 2 is 1.96 bits per heavy atom. The van der Waals surface area contributed by atoms with Crippen LogP contribution < -0.4 is 5.32 Å². The average molecular weight is 387 g/mol. The Morgan fingerprint density at radius 3 is 2.67 bits per heavy atom. The van der Waals surface area contributed by atoms with Crippen molar-refractivity contribution in [3.8, 4) is 0 Å². The first-order valence-corrected chi connectivity index (χ1v) is 8.76. The molecule has 1 aromatic heterocycles.